The van der Waals surface area contributed by atoms with Crippen LogP contribution in [0.25, 0.3) is 0 Å². The summed E-state index contributed by atoms with van der Waals surface area (Å²) < 4.78 is 1.03. The van der Waals surface area contributed by atoms with Crippen molar-refractivity contribution in [3.05, 3.63) is 34.3 Å². The molecule has 1 aromatic carbocycles. The number of carbonyl (C=O) groups excluding carboxylic acids is 1. The summed E-state index contributed by atoms with van der Waals surface area (Å²) in [5.41, 5.74) is 1.05. The highest BCUT2D eigenvalue weighted by Crippen LogP contribution is 2.22. The quantitative estimate of drug-likeness (QED) is 0.589. The van der Waals surface area contributed by atoms with Crippen LogP contribution >= 0.6 is 15.9 Å². The zero-order chi connectivity index (χ0) is 9.68. The summed E-state index contributed by atoms with van der Waals surface area (Å²) >= 11 is 3.35. The molecule has 0 heterocycles. The van der Waals surface area contributed by atoms with Gasteiger partial charge in [0.15, 0.2) is 0 Å². The molecule has 0 amide bonds. The predicted octanol–water partition coefficient (Wildman–Crippen LogP) is 3.24. The highest BCUT2D eigenvalue weighted by Gasteiger charge is 2.05. The number of halogens is 1. The van der Waals surface area contributed by atoms with Crippen LogP contribution in [0, 0.1) is 0 Å². The fraction of sp³-hybridized carbons (Fsp3) is 0.300. The van der Waals surface area contributed by atoms with Crippen molar-refractivity contribution in [3.63, 3.8) is 0 Å². The minimum absolute atomic E-state index is 0.0504. The Kier molecular flexibility index (Phi) is 3.87. The molecule has 68 valence electrons. The minimum atomic E-state index is -0.0504. The number of isocyanates is 1. The highest BCUT2D eigenvalue weighted by atomic mass is 79.9. The summed E-state index contributed by atoms with van der Waals surface area (Å²) in [6, 6.07) is 7.75. The monoisotopic (exact) mass is 239 g/mol. The Morgan fingerprint density at radius 1 is 1.46 bits per heavy atom. The van der Waals surface area contributed by atoms with Crippen LogP contribution in [0.4, 0.5) is 0 Å². The molecule has 0 fully saturated rings. The first kappa shape index (κ1) is 10.2. The molecule has 0 saturated heterocycles. The van der Waals surface area contributed by atoms with Crippen molar-refractivity contribution in [1.82, 2.24) is 0 Å². The number of benzene rings is 1. The summed E-state index contributed by atoms with van der Waals surface area (Å²) in [5, 5.41) is 0. The van der Waals surface area contributed by atoms with E-state index < -0.39 is 0 Å². The molecule has 0 spiro atoms. The number of rotatable bonds is 3. The molecule has 0 aliphatic heterocycles. The van der Waals surface area contributed by atoms with Crippen LogP contribution in [0.15, 0.2) is 33.7 Å². The average Bonchev–Trinajstić information content (AvgIpc) is 2.16. The van der Waals surface area contributed by atoms with Crippen molar-refractivity contribution < 1.29 is 4.79 Å². The molecule has 1 aromatic rings. The first-order chi connectivity index (χ1) is 6.27. The summed E-state index contributed by atoms with van der Waals surface area (Å²) in [7, 11) is 0. The van der Waals surface area contributed by atoms with Crippen LogP contribution in [0.3, 0.4) is 0 Å². The van der Waals surface area contributed by atoms with Crippen LogP contribution in [-0.2, 0) is 4.79 Å². The van der Waals surface area contributed by atoms with Crippen molar-refractivity contribution in [2.45, 2.75) is 19.4 Å². The molecular weight excluding hydrogens is 230 g/mol. The number of hydrogen-bond acceptors (Lipinski definition) is 2. The fourth-order valence-corrected chi connectivity index (χ4v) is 1.41. The molecule has 0 aliphatic carbocycles. The van der Waals surface area contributed by atoms with Gasteiger partial charge in [0.2, 0.25) is 6.08 Å². The molecule has 0 saturated carbocycles. The maximum absolute atomic E-state index is 10.1. The molecular formula is C10H10BrNO. The summed E-state index contributed by atoms with van der Waals surface area (Å²) in [4.78, 5) is 13.8. The van der Waals surface area contributed by atoms with E-state index in [2.05, 4.69) is 20.9 Å². The van der Waals surface area contributed by atoms with Crippen molar-refractivity contribution in [3.8, 4) is 0 Å². The van der Waals surface area contributed by atoms with Gasteiger partial charge in [0.1, 0.15) is 0 Å². The van der Waals surface area contributed by atoms with Gasteiger partial charge in [-0.15, -0.1) is 0 Å². The van der Waals surface area contributed by atoms with Crippen molar-refractivity contribution >= 4 is 22.0 Å². The third-order valence-electron chi connectivity index (χ3n) is 1.85. The number of hydrogen-bond donors (Lipinski definition) is 0. The lowest BCUT2D eigenvalue weighted by atomic mass is 10.1. The lowest BCUT2D eigenvalue weighted by molar-refractivity contribution is 0.556. The van der Waals surface area contributed by atoms with Crippen LogP contribution < -0.4 is 0 Å². The molecule has 3 heteroatoms. The summed E-state index contributed by atoms with van der Waals surface area (Å²) in [6.45, 7) is 1.99. The molecule has 0 N–H and O–H groups in total. The highest BCUT2D eigenvalue weighted by molar-refractivity contribution is 9.10. The molecule has 13 heavy (non-hydrogen) atoms. The Balaban J connectivity index is 2.91. The topological polar surface area (TPSA) is 29.4 Å². The smallest absolute Gasteiger partial charge is 0.211 e. The van der Waals surface area contributed by atoms with E-state index in [0.29, 0.717) is 0 Å². The van der Waals surface area contributed by atoms with Crippen LogP contribution in [0.1, 0.15) is 24.9 Å². The average molecular weight is 240 g/mol. The molecule has 2 nitrogen and oxygen atoms in total. The fourth-order valence-electron chi connectivity index (χ4n) is 1.15. The first-order valence-corrected chi connectivity index (χ1v) is 4.89. The Hall–Kier alpha value is -0.920. The van der Waals surface area contributed by atoms with Crippen molar-refractivity contribution in [2.24, 2.45) is 4.99 Å². The van der Waals surface area contributed by atoms with Gasteiger partial charge in [-0.2, -0.15) is 4.99 Å². The molecule has 1 unspecified atom stereocenters. The molecule has 0 aliphatic rings. The predicted molar refractivity (Wildman–Crippen MR) is 55.3 cm³/mol. The normalized spacial score (nSPS) is 11.8. The SMILES string of the molecule is CCC(N=C=O)c1ccc(Br)cc1. The summed E-state index contributed by atoms with van der Waals surface area (Å²) in [5.74, 6) is 0. The van der Waals surface area contributed by atoms with Crippen LogP contribution in [0.5, 0.6) is 0 Å². The first-order valence-electron chi connectivity index (χ1n) is 4.10. The van der Waals surface area contributed by atoms with E-state index in [1.165, 1.54) is 0 Å². The molecule has 0 bridgehead atoms. The van der Waals surface area contributed by atoms with Gasteiger partial charge >= 0.3 is 0 Å². The number of nitrogens with zero attached hydrogens (tertiary/aromatic N) is 1. The lowest BCUT2D eigenvalue weighted by Gasteiger charge is -2.07. The van der Waals surface area contributed by atoms with E-state index in [4.69, 9.17) is 0 Å². The van der Waals surface area contributed by atoms with Gasteiger partial charge in [0.05, 0.1) is 6.04 Å². The molecule has 1 rings (SSSR count). The van der Waals surface area contributed by atoms with E-state index in [1.807, 2.05) is 31.2 Å². The summed E-state index contributed by atoms with van der Waals surface area (Å²) in [6.07, 6.45) is 2.41. The Morgan fingerprint density at radius 3 is 2.54 bits per heavy atom. The minimum Gasteiger partial charge on any atom is -0.211 e. The van der Waals surface area contributed by atoms with Gasteiger partial charge in [-0.1, -0.05) is 35.0 Å². The van der Waals surface area contributed by atoms with Gasteiger partial charge < -0.3 is 0 Å². The van der Waals surface area contributed by atoms with Gasteiger partial charge in [-0.05, 0) is 24.1 Å². The van der Waals surface area contributed by atoms with E-state index in [0.717, 1.165) is 16.5 Å². The second-order valence-electron chi connectivity index (χ2n) is 2.70. The third kappa shape index (κ3) is 2.79. The van der Waals surface area contributed by atoms with E-state index in [-0.39, 0.29) is 6.04 Å². The number of aliphatic imine (C=N–C) groups is 1. The molecule has 0 radical (unpaired) electrons. The van der Waals surface area contributed by atoms with E-state index >= 15 is 0 Å². The maximum Gasteiger partial charge on any atom is 0.235 e. The van der Waals surface area contributed by atoms with Gasteiger partial charge in [0, 0.05) is 4.47 Å². The Bertz CT molecular complexity index is 314. The Labute approximate surface area is 85.8 Å². The van der Waals surface area contributed by atoms with Gasteiger partial charge in [-0.3, -0.25) is 0 Å². The largest absolute Gasteiger partial charge is 0.235 e. The standard InChI is InChI=1S/C10H10BrNO/c1-2-10(12-7-13)8-3-5-9(11)6-4-8/h3-6,10H,2H2,1H3. The van der Waals surface area contributed by atoms with E-state index in [1.54, 1.807) is 6.08 Å². The third-order valence-corrected chi connectivity index (χ3v) is 2.38. The lowest BCUT2D eigenvalue weighted by Crippen LogP contribution is -1.92. The maximum atomic E-state index is 10.1. The second-order valence-corrected chi connectivity index (χ2v) is 3.61. The van der Waals surface area contributed by atoms with Gasteiger partial charge in [-0.25, -0.2) is 4.79 Å². The molecule has 0 aromatic heterocycles. The zero-order valence-electron chi connectivity index (χ0n) is 7.33. The van der Waals surface area contributed by atoms with Crippen LogP contribution in [-0.4, -0.2) is 6.08 Å². The second kappa shape index (κ2) is 4.95. The zero-order valence-corrected chi connectivity index (χ0v) is 8.91. The van der Waals surface area contributed by atoms with Gasteiger partial charge in [0.25, 0.3) is 0 Å². The molecule has 1 atom stereocenters. The van der Waals surface area contributed by atoms with E-state index in [9.17, 15) is 4.79 Å². The van der Waals surface area contributed by atoms with Crippen molar-refractivity contribution in [2.75, 3.05) is 0 Å². The van der Waals surface area contributed by atoms with Crippen molar-refractivity contribution in [1.29, 1.82) is 0 Å². The Morgan fingerprint density at radius 2 is 2.08 bits per heavy atom. The van der Waals surface area contributed by atoms with Crippen LogP contribution in [0.2, 0.25) is 0 Å².